The molecule has 0 bridgehead atoms. The largest absolute Gasteiger partial charge is 0.387 e. The van der Waals surface area contributed by atoms with Crippen molar-refractivity contribution in [3.63, 3.8) is 0 Å². The van der Waals surface area contributed by atoms with Crippen molar-refractivity contribution < 1.29 is 9.50 Å². The molecule has 0 heterocycles. The number of aliphatic hydroxyl groups is 1. The average molecular weight is 352 g/mol. The van der Waals surface area contributed by atoms with Gasteiger partial charge in [0.25, 0.3) is 0 Å². The number of benzene rings is 2. The normalized spacial score (nSPS) is 13.9. The van der Waals surface area contributed by atoms with E-state index in [4.69, 9.17) is 0 Å². The summed E-state index contributed by atoms with van der Waals surface area (Å²) in [6.45, 7) is 2.53. The first-order valence-electron chi connectivity index (χ1n) is 6.96. The summed E-state index contributed by atoms with van der Waals surface area (Å²) in [5.41, 5.74) is 1.97. The molecule has 0 saturated heterocycles. The average Bonchev–Trinajstić information content (AvgIpc) is 2.48. The van der Waals surface area contributed by atoms with Gasteiger partial charge in [-0.3, -0.25) is 0 Å². The van der Waals surface area contributed by atoms with E-state index in [1.54, 1.807) is 12.1 Å². The molecular weight excluding hydrogens is 333 g/mol. The van der Waals surface area contributed by atoms with Gasteiger partial charge >= 0.3 is 0 Å². The molecular formula is C17H19BrFNO. The second-order valence-corrected chi connectivity index (χ2v) is 6.12. The molecule has 0 aliphatic rings. The van der Waals surface area contributed by atoms with Crippen LogP contribution in [0.1, 0.15) is 24.2 Å². The van der Waals surface area contributed by atoms with Gasteiger partial charge in [-0.1, -0.05) is 40.2 Å². The Morgan fingerprint density at radius 3 is 2.33 bits per heavy atom. The number of nitrogens with one attached hydrogen (secondary N) is 1. The van der Waals surface area contributed by atoms with Gasteiger partial charge in [-0.25, -0.2) is 4.39 Å². The van der Waals surface area contributed by atoms with Crippen molar-refractivity contribution in [2.75, 3.05) is 6.54 Å². The highest BCUT2D eigenvalue weighted by molar-refractivity contribution is 9.10. The highest BCUT2D eigenvalue weighted by Crippen LogP contribution is 2.14. The molecule has 0 radical (unpaired) electrons. The molecule has 4 heteroatoms. The van der Waals surface area contributed by atoms with Crippen molar-refractivity contribution in [3.8, 4) is 0 Å². The monoisotopic (exact) mass is 351 g/mol. The van der Waals surface area contributed by atoms with Crippen molar-refractivity contribution >= 4 is 15.9 Å². The molecule has 2 aromatic carbocycles. The smallest absolute Gasteiger partial charge is 0.123 e. The van der Waals surface area contributed by atoms with Crippen LogP contribution in [0.3, 0.4) is 0 Å². The van der Waals surface area contributed by atoms with Gasteiger partial charge in [-0.05, 0) is 48.7 Å². The van der Waals surface area contributed by atoms with Crippen LogP contribution in [0.25, 0.3) is 0 Å². The van der Waals surface area contributed by atoms with Gasteiger partial charge in [0.1, 0.15) is 5.82 Å². The molecule has 2 unspecified atom stereocenters. The molecule has 0 fully saturated rings. The van der Waals surface area contributed by atoms with Crippen molar-refractivity contribution in [1.29, 1.82) is 0 Å². The first-order chi connectivity index (χ1) is 10.0. The van der Waals surface area contributed by atoms with Gasteiger partial charge in [0.2, 0.25) is 0 Å². The topological polar surface area (TPSA) is 32.3 Å². The van der Waals surface area contributed by atoms with Crippen LogP contribution in [-0.4, -0.2) is 17.7 Å². The number of hydrogen-bond donors (Lipinski definition) is 2. The van der Waals surface area contributed by atoms with Crippen LogP contribution in [0.2, 0.25) is 0 Å². The first-order valence-corrected chi connectivity index (χ1v) is 7.75. The summed E-state index contributed by atoms with van der Waals surface area (Å²) in [5.74, 6) is -0.289. The zero-order valence-corrected chi connectivity index (χ0v) is 13.5. The molecule has 0 aliphatic heterocycles. The van der Waals surface area contributed by atoms with Crippen LogP contribution < -0.4 is 5.32 Å². The van der Waals surface area contributed by atoms with Gasteiger partial charge in [0, 0.05) is 17.1 Å². The van der Waals surface area contributed by atoms with Crippen molar-refractivity contribution in [1.82, 2.24) is 5.32 Å². The highest BCUT2D eigenvalue weighted by Gasteiger charge is 2.10. The lowest BCUT2D eigenvalue weighted by Crippen LogP contribution is -2.32. The summed E-state index contributed by atoms with van der Waals surface area (Å²) >= 11 is 3.42. The second-order valence-electron chi connectivity index (χ2n) is 5.21. The lowest BCUT2D eigenvalue weighted by molar-refractivity contribution is 0.170. The van der Waals surface area contributed by atoms with Crippen molar-refractivity contribution in [3.05, 3.63) is 69.9 Å². The molecule has 2 atom stereocenters. The third-order valence-electron chi connectivity index (χ3n) is 3.37. The van der Waals surface area contributed by atoms with E-state index < -0.39 is 6.10 Å². The van der Waals surface area contributed by atoms with E-state index in [0.29, 0.717) is 6.54 Å². The molecule has 112 valence electrons. The van der Waals surface area contributed by atoms with Gasteiger partial charge in [0.05, 0.1) is 6.10 Å². The Morgan fingerprint density at radius 1 is 1.10 bits per heavy atom. The fourth-order valence-electron chi connectivity index (χ4n) is 2.16. The maximum absolute atomic E-state index is 12.8. The fourth-order valence-corrected chi connectivity index (χ4v) is 2.43. The number of halogens is 2. The maximum Gasteiger partial charge on any atom is 0.123 e. The Bertz CT molecular complexity index is 556. The van der Waals surface area contributed by atoms with Gasteiger partial charge in [-0.2, -0.15) is 0 Å². The van der Waals surface area contributed by atoms with Crippen LogP contribution in [0.5, 0.6) is 0 Å². The molecule has 0 saturated carbocycles. The van der Waals surface area contributed by atoms with E-state index in [1.165, 1.54) is 17.7 Å². The van der Waals surface area contributed by atoms with Crippen LogP contribution in [0.4, 0.5) is 4.39 Å². The summed E-state index contributed by atoms with van der Waals surface area (Å²) in [4.78, 5) is 0. The van der Waals surface area contributed by atoms with E-state index in [9.17, 15) is 9.50 Å². The molecule has 0 aliphatic carbocycles. The number of rotatable bonds is 6. The number of hydrogen-bond acceptors (Lipinski definition) is 2. The SMILES string of the molecule is CC(Cc1ccc(Br)cc1)NCC(O)c1ccc(F)cc1. The zero-order valence-electron chi connectivity index (χ0n) is 11.9. The van der Waals surface area contributed by atoms with Gasteiger partial charge < -0.3 is 10.4 Å². The van der Waals surface area contributed by atoms with Crippen LogP contribution >= 0.6 is 15.9 Å². The predicted octanol–water partition coefficient (Wildman–Crippen LogP) is 3.84. The Kier molecular flexibility index (Phi) is 5.91. The lowest BCUT2D eigenvalue weighted by Gasteiger charge is -2.17. The molecule has 2 N–H and O–H groups in total. The van der Waals surface area contributed by atoms with Crippen LogP contribution in [0.15, 0.2) is 53.0 Å². The van der Waals surface area contributed by atoms with E-state index in [1.807, 2.05) is 12.1 Å². The summed E-state index contributed by atoms with van der Waals surface area (Å²) in [7, 11) is 0. The second kappa shape index (κ2) is 7.69. The molecule has 0 amide bonds. The lowest BCUT2D eigenvalue weighted by atomic mass is 10.1. The van der Waals surface area contributed by atoms with E-state index in [2.05, 4.69) is 40.3 Å². The quantitative estimate of drug-likeness (QED) is 0.828. The minimum atomic E-state index is -0.627. The van der Waals surface area contributed by atoms with Gasteiger partial charge in [-0.15, -0.1) is 0 Å². The Morgan fingerprint density at radius 2 is 1.71 bits per heavy atom. The van der Waals surface area contributed by atoms with Gasteiger partial charge in [0.15, 0.2) is 0 Å². The van der Waals surface area contributed by atoms with Crippen LogP contribution in [0, 0.1) is 5.82 Å². The minimum absolute atomic E-state index is 0.251. The Labute approximate surface area is 133 Å². The highest BCUT2D eigenvalue weighted by atomic mass is 79.9. The minimum Gasteiger partial charge on any atom is -0.387 e. The third-order valence-corrected chi connectivity index (χ3v) is 3.90. The summed E-state index contributed by atoms with van der Waals surface area (Å²) in [6.07, 6.45) is 0.265. The van der Waals surface area contributed by atoms with Crippen molar-refractivity contribution in [2.24, 2.45) is 0 Å². The molecule has 0 aromatic heterocycles. The third kappa shape index (κ3) is 5.23. The van der Waals surface area contributed by atoms with E-state index in [0.717, 1.165) is 16.5 Å². The van der Waals surface area contributed by atoms with E-state index >= 15 is 0 Å². The molecule has 2 rings (SSSR count). The Balaban J connectivity index is 1.81. The maximum atomic E-state index is 12.8. The molecule has 2 aromatic rings. The number of aliphatic hydroxyl groups excluding tert-OH is 1. The van der Waals surface area contributed by atoms with Crippen molar-refractivity contribution in [2.45, 2.75) is 25.5 Å². The fraction of sp³-hybridized carbons (Fsp3) is 0.294. The summed E-state index contributed by atoms with van der Waals surface area (Å²) < 4.78 is 13.9. The van der Waals surface area contributed by atoms with Crippen LogP contribution in [-0.2, 0) is 6.42 Å². The first kappa shape index (κ1) is 16.1. The predicted molar refractivity (Wildman–Crippen MR) is 86.7 cm³/mol. The molecule has 0 spiro atoms. The standard InChI is InChI=1S/C17H19BrFNO/c1-12(10-13-2-6-15(18)7-3-13)20-11-17(21)14-4-8-16(19)9-5-14/h2-9,12,17,20-21H,10-11H2,1H3. The zero-order chi connectivity index (χ0) is 15.2. The summed E-state index contributed by atoms with van der Waals surface area (Å²) in [6, 6.07) is 14.4. The molecule has 21 heavy (non-hydrogen) atoms. The summed E-state index contributed by atoms with van der Waals surface area (Å²) in [5, 5.41) is 13.4. The van der Waals surface area contributed by atoms with E-state index in [-0.39, 0.29) is 11.9 Å². The molecule has 2 nitrogen and oxygen atoms in total. The Hall–Kier alpha value is -1.23.